The molecule has 1 amide bonds. The average molecular weight is 307 g/mol. The van der Waals surface area contributed by atoms with Crippen molar-refractivity contribution in [3.8, 4) is 11.5 Å². The van der Waals surface area contributed by atoms with Crippen LogP contribution in [0.15, 0.2) is 24.3 Å². The summed E-state index contributed by atoms with van der Waals surface area (Å²) in [6.07, 6.45) is 2.48. The molecule has 2 N–H and O–H groups in total. The van der Waals surface area contributed by atoms with Gasteiger partial charge in [0, 0.05) is 12.6 Å². The van der Waals surface area contributed by atoms with Crippen LogP contribution >= 0.6 is 0 Å². The first kappa shape index (κ1) is 17.6. The van der Waals surface area contributed by atoms with E-state index in [-0.39, 0.29) is 12.5 Å². The Balaban J connectivity index is 2.67. The van der Waals surface area contributed by atoms with Crippen LogP contribution in [0.3, 0.4) is 0 Å². The maximum Gasteiger partial charge on any atom is 0.328 e. The standard InChI is InChI=1S/C16H21NO5/c1-11(2)9-17-15(18)10-22-13-6-4-12(5-7-16(19)20)8-14(13)21-3/h4-8,11H,9-10H2,1-3H3,(H,17,18)(H,19,20). The summed E-state index contributed by atoms with van der Waals surface area (Å²) in [6.45, 7) is 4.51. The molecule has 0 spiro atoms. The SMILES string of the molecule is COc1cc(C=CC(=O)O)ccc1OCC(=O)NCC(C)C. The Kier molecular flexibility index (Phi) is 6.95. The maximum atomic E-state index is 11.6. The van der Waals surface area contributed by atoms with Crippen molar-refractivity contribution in [2.75, 3.05) is 20.3 Å². The van der Waals surface area contributed by atoms with E-state index in [2.05, 4.69) is 5.32 Å². The molecule has 0 unspecified atom stereocenters. The van der Waals surface area contributed by atoms with Crippen LogP contribution in [0.4, 0.5) is 0 Å². The molecule has 0 aliphatic heterocycles. The van der Waals surface area contributed by atoms with Crippen LogP contribution in [-0.2, 0) is 9.59 Å². The van der Waals surface area contributed by atoms with Crippen molar-refractivity contribution in [2.45, 2.75) is 13.8 Å². The molecule has 0 aliphatic carbocycles. The molecule has 22 heavy (non-hydrogen) atoms. The highest BCUT2D eigenvalue weighted by molar-refractivity contribution is 5.85. The van der Waals surface area contributed by atoms with Crippen molar-refractivity contribution in [2.24, 2.45) is 5.92 Å². The molecule has 0 atom stereocenters. The van der Waals surface area contributed by atoms with Crippen LogP contribution in [0.1, 0.15) is 19.4 Å². The van der Waals surface area contributed by atoms with Crippen molar-refractivity contribution in [1.82, 2.24) is 5.32 Å². The first-order valence-electron chi connectivity index (χ1n) is 6.91. The van der Waals surface area contributed by atoms with E-state index in [0.717, 1.165) is 6.08 Å². The number of hydrogen-bond acceptors (Lipinski definition) is 4. The van der Waals surface area contributed by atoms with Gasteiger partial charge in [0.2, 0.25) is 0 Å². The number of benzene rings is 1. The Labute approximate surface area is 129 Å². The molecular formula is C16H21NO5. The van der Waals surface area contributed by atoms with Gasteiger partial charge in [0.1, 0.15) is 0 Å². The molecule has 1 aromatic carbocycles. The summed E-state index contributed by atoms with van der Waals surface area (Å²) in [5.74, 6) is 0.00406. The third-order valence-corrected chi connectivity index (χ3v) is 2.67. The number of ether oxygens (including phenoxy) is 2. The summed E-state index contributed by atoms with van der Waals surface area (Å²) in [6, 6.07) is 4.96. The predicted octanol–water partition coefficient (Wildman–Crippen LogP) is 1.94. The summed E-state index contributed by atoms with van der Waals surface area (Å²) in [5.41, 5.74) is 0.663. The molecular weight excluding hydrogens is 286 g/mol. The summed E-state index contributed by atoms with van der Waals surface area (Å²) >= 11 is 0. The lowest BCUT2D eigenvalue weighted by molar-refractivity contribution is -0.131. The second-order valence-electron chi connectivity index (χ2n) is 5.07. The highest BCUT2D eigenvalue weighted by Gasteiger charge is 2.08. The van der Waals surface area contributed by atoms with Gasteiger partial charge >= 0.3 is 5.97 Å². The number of aliphatic carboxylic acids is 1. The first-order valence-corrected chi connectivity index (χ1v) is 6.91. The molecule has 0 fully saturated rings. The molecule has 1 aromatic rings. The molecule has 6 heteroatoms. The van der Waals surface area contributed by atoms with E-state index < -0.39 is 5.97 Å². The van der Waals surface area contributed by atoms with E-state index in [4.69, 9.17) is 14.6 Å². The van der Waals surface area contributed by atoms with Crippen LogP contribution < -0.4 is 14.8 Å². The van der Waals surface area contributed by atoms with Crippen LogP contribution in [0.2, 0.25) is 0 Å². The Bertz CT molecular complexity index is 551. The number of carboxylic acid groups (broad SMARTS) is 1. The van der Waals surface area contributed by atoms with Gasteiger partial charge in [0.25, 0.3) is 5.91 Å². The Morgan fingerprint density at radius 2 is 2.05 bits per heavy atom. The van der Waals surface area contributed by atoms with E-state index in [1.54, 1.807) is 18.2 Å². The van der Waals surface area contributed by atoms with Gasteiger partial charge in [-0.15, -0.1) is 0 Å². The van der Waals surface area contributed by atoms with Gasteiger partial charge < -0.3 is 19.9 Å². The molecule has 0 saturated carbocycles. The normalized spacial score (nSPS) is 10.7. The van der Waals surface area contributed by atoms with Crippen LogP contribution in [0.25, 0.3) is 6.08 Å². The van der Waals surface area contributed by atoms with Crippen LogP contribution in [0, 0.1) is 5.92 Å². The van der Waals surface area contributed by atoms with Crippen molar-refractivity contribution in [3.63, 3.8) is 0 Å². The molecule has 120 valence electrons. The van der Waals surface area contributed by atoms with Crippen molar-refractivity contribution in [1.29, 1.82) is 0 Å². The second-order valence-corrected chi connectivity index (χ2v) is 5.07. The smallest absolute Gasteiger partial charge is 0.328 e. The van der Waals surface area contributed by atoms with E-state index in [0.29, 0.717) is 29.5 Å². The van der Waals surface area contributed by atoms with Crippen LogP contribution in [-0.4, -0.2) is 37.2 Å². The molecule has 0 aliphatic rings. The molecule has 0 saturated heterocycles. The van der Waals surface area contributed by atoms with E-state index in [1.807, 2.05) is 13.8 Å². The molecule has 0 bridgehead atoms. The van der Waals surface area contributed by atoms with Gasteiger partial charge in [-0.1, -0.05) is 19.9 Å². The number of methoxy groups -OCH3 is 1. The number of amides is 1. The van der Waals surface area contributed by atoms with E-state index >= 15 is 0 Å². The molecule has 0 radical (unpaired) electrons. The minimum absolute atomic E-state index is 0.104. The highest BCUT2D eigenvalue weighted by Crippen LogP contribution is 2.28. The first-order chi connectivity index (χ1) is 10.4. The molecule has 0 heterocycles. The Hall–Kier alpha value is -2.50. The third kappa shape index (κ3) is 6.30. The monoisotopic (exact) mass is 307 g/mol. The number of carboxylic acids is 1. The van der Waals surface area contributed by atoms with Crippen molar-refractivity contribution >= 4 is 18.0 Å². The third-order valence-electron chi connectivity index (χ3n) is 2.67. The lowest BCUT2D eigenvalue weighted by Crippen LogP contribution is -2.31. The molecule has 0 aromatic heterocycles. The number of rotatable bonds is 8. The second kappa shape index (κ2) is 8.71. The Morgan fingerprint density at radius 1 is 1.32 bits per heavy atom. The van der Waals surface area contributed by atoms with E-state index in [9.17, 15) is 9.59 Å². The maximum absolute atomic E-state index is 11.6. The van der Waals surface area contributed by atoms with Crippen molar-refractivity contribution in [3.05, 3.63) is 29.8 Å². The van der Waals surface area contributed by atoms with Gasteiger partial charge in [-0.25, -0.2) is 4.79 Å². The fourth-order valence-electron chi connectivity index (χ4n) is 1.59. The van der Waals surface area contributed by atoms with E-state index in [1.165, 1.54) is 13.2 Å². The lowest BCUT2D eigenvalue weighted by atomic mass is 10.2. The number of carbonyl (C=O) groups is 2. The van der Waals surface area contributed by atoms with Crippen molar-refractivity contribution < 1.29 is 24.2 Å². The van der Waals surface area contributed by atoms with Gasteiger partial charge in [-0.05, 0) is 29.7 Å². The minimum atomic E-state index is -1.03. The van der Waals surface area contributed by atoms with Crippen LogP contribution in [0.5, 0.6) is 11.5 Å². The fourth-order valence-corrected chi connectivity index (χ4v) is 1.59. The highest BCUT2D eigenvalue weighted by atomic mass is 16.5. The summed E-state index contributed by atoms with van der Waals surface area (Å²) in [5, 5.41) is 11.4. The number of hydrogen-bond donors (Lipinski definition) is 2. The van der Waals surface area contributed by atoms with Gasteiger partial charge in [0.15, 0.2) is 18.1 Å². The zero-order valence-corrected chi connectivity index (χ0v) is 13.0. The summed E-state index contributed by atoms with van der Waals surface area (Å²) in [7, 11) is 1.48. The summed E-state index contributed by atoms with van der Waals surface area (Å²) in [4.78, 5) is 22.1. The molecule has 6 nitrogen and oxygen atoms in total. The predicted molar refractivity (Wildman–Crippen MR) is 83.0 cm³/mol. The topological polar surface area (TPSA) is 84.9 Å². The number of nitrogens with one attached hydrogen (secondary N) is 1. The van der Waals surface area contributed by atoms with Gasteiger partial charge in [-0.2, -0.15) is 0 Å². The van der Waals surface area contributed by atoms with Gasteiger partial charge in [-0.3, -0.25) is 4.79 Å². The zero-order valence-electron chi connectivity index (χ0n) is 13.0. The average Bonchev–Trinajstić information content (AvgIpc) is 2.48. The quantitative estimate of drug-likeness (QED) is 0.717. The molecule has 1 rings (SSSR count). The minimum Gasteiger partial charge on any atom is -0.493 e. The number of carbonyl (C=O) groups excluding carboxylic acids is 1. The zero-order chi connectivity index (χ0) is 16.5. The van der Waals surface area contributed by atoms with Gasteiger partial charge in [0.05, 0.1) is 7.11 Å². The largest absolute Gasteiger partial charge is 0.493 e. The lowest BCUT2D eigenvalue weighted by Gasteiger charge is -2.12. The summed E-state index contributed by atoms with van der Waals surface area (Å²) < 4.78 is 10.6. The fraction of sp³-hybridized carbons (Fsp3) is 0.375. The Morgan fingerprint density at radius 3 is 2.64 bits per heavy atom.